The molecule has 0 saturated heterocycles. The average molecular weight is 393 g/mol. The number of aromatic nitrogens is 2. The highest BCUT2D eigenvalue weighted by Crippen LogP contribution is 2.29. The Bertz CT molecular complexity index is 1040. The first-order valence-corrected chi connectivity index (χ1v) is 9.95. The molecule has 2 aromatic heterocycles. The third-order valence-corrected chi connectivity index (χ3v) is 4.99. The van der Waals surface area contributed by atoms with Crippen molar-refractivity contribution in [3.8, 4) is 0 Å². The Morgan fingerprint density at radius 2 is 1.69 bits per heavy atom. The molecule has 3 rings (SSSR count). The minimum Gasteiger partial charge on any atom is -0.338 e. The fraction of sp³-hybridized carbons (Fsp3) is 0.348. The van der Waals surface area contributed by atoms with Gasteiger partial charge in [-0.25, -0.2) is 4.98 Å². The first kappa shape index (κ1) is 20.6. The van der Waals surface area contributed by atoms with Crippen molar-refractivity contribution in [3.05, 3.63) is 65.7 Å². The molecule has 0 spiro atoms. The van der Waals surface area contributed by atoms with E-state index in [-0.39, 0.29) is 23.1 Å². The molecule has 0 atom stereocenters. The van der Waals surface area contributed by atoms with Gasteiger partial charge in [-0.1, -0.05) is 45.0 Å². The second-order valence-corrected chi connectivity index (χ2v) is 7.97. The summed E-state index contributed by atoms with van der Waals surface area (Å²) in [5, 5.41) is 2.99. The molecule has 152 valence electrons. The van der Waals surface area contributed by atoms with Crippen LogP contribution in [-0.2, 0) is 5.41 Å². The van der Waals surface area contributed by atoms with Crippen molar-refractivity contribution in [2.75, 3.05) is 18.4 Å². The Morgan fingerprint density at radius 1 is 1.03 bits per heavy atom. The van der Waals surface area contributed by atoms with Crippen molar-refractivity contribution in [1.29, 1.82) is 0 Å². The summed E-state index contributed by atoms with van der Waals surface area (Å²) in [6, 6.07) is 13.2. The Morgan fingerprint density at radius 3 is 2.34 bits per heavy atom. The lowest BCUT2D eigenvalue weighted by Crippen LogP contribution is -2.31. The van der Waals surface area contributed by atoms with Crippen molar-refractivity contribution in [3.63, 3.8) is 0 Å². The number of anilines is 1. The summed E-state index contributed by atoms with van der Waals surface area (Å²) in [6.07, 6.45) is 1.76. The summed E-state index contributed by atoms with van der Waals surface area (Å²) in [7, 11) is 0. The molecule has 0 unspecified atom stereocenters. The number of fused-ring (bicyclic) bond motifs is 1. The van der Waals surface area contributed by atoms with Crippen LogP contribution in [-0.4, -0.2) is 39.2 Å². The predicted octanol–water partition coefficient (Wildman–Crippen LogP) is 4.37. The lowest BCUT2D eigenvalue weighted by atomic mass is 9.86. The minimum atomic E-state index is -0.346. The van der Waals surface area contributed by atoms with Crippen molar-refractivity contribution >= 4 is 23.0 Å². The number of carbonyl (C=O) groups excluding carboxylic acids is 2. The summed E-state index contributed by atoms with van der Waals surface area (Å²) >= 11 is 0. The molecule has 0 aliphatic carbocycles. The second-order valence-electron chi connectivity index (χ2n) is 7.97. The van der Waals surface area contributed by atoms with Gasteiger partial charge in [0.05, 0.1) is 5.52 Å². The molecule has 6 heteroatoms. The molecular formula is C23H28N4O2. The number of pyridine rings is 1. The Labute approximate surface area is 171 Å². The van der Waals surface area contributed by atoms with Gasteiger partial charge in [0.1, 0.15) is 0 Å². The Hall–Kier alpha value is -3.15. The van der Waals surface area contributed by atoms with Crippen LogP contribution in [0, 0.1) is 0 Å². The van der Waals surface area contributed by atoms with E-state index in [1.54, 1.807) is 15.5 Å². The molecule has 0 saturated carbocycles. The van der Waals surface area contributed by atoms with Crippen molar-refractivity contribution in [1.82, 2.24) is 14.3 Å². The topological polar surface area (TPSA) is 66.7 Å². The Balaban J connectivity index is 2.03. The van der Waals surface area contributed by atoms with E-state index in [4.69, 9.17) is 0 Å². The van der Waals surface area contributed by atoms with Crippen LogP contribution in [0.1, 0.15) is 61.3 Å². The zero-order valence-electron chi connectivity index (χ0n) is 17.7. The van der Waals surface area contributed by atoms with Crippen LogP contribution >= 0.6 is 0 Å². The zero-order valence-corrected chi connectivity index (χ0v) is 17.7. The number of benzene rings is 1. The molecule has 2 heterocycles. The molecule has 0 aliphatic rings. The predicted molar refractivity (Wildman–Crippen MR) is 116 cm³/mol. The molecule has 1 N–H and O–H groups in total. The number of nitrogens with zero attached hydrogens (tertiary/aromatic N) is 3. The second kappa shape index (κ2) is 8.07. The number of amides is 2. The molecule has 0 fully saturated rings. The number of para-hydroxylation sites is 1. The third kappa shape index (κ3) is 4.01. The van der Waals surface area contributed by atoms with Gasteiger partial charge in [0.2, 0.25) is 5.82 Å². The molecule has 29 heavy (non-hydrogen) atoms. The maximum absolute atomic E-state index is 13.1. The first-order chi connectivity index (χ1) is 13.8. The summed E-state index contributed by atoms with van der Waals surface area (Å²) < 4.78 is 1.67. The summed E-state index contributed by atoms with van der Waals surface area (Å²) in [5.41, 5.74) is 2.58. The fourth-order valence-corrected chi connectivity index (χ4v) is 3.44. The molecule has 1 aromatic carbocycles. The molecule has 3 aromatic rings. The normalized spacial score (nSPS) is 11.5. The number of rotatable bonds is 5. The number of imidazole rings is 1. The van der Waals surface area contributed by atoms with Gasteiger partial charge >= 0.3 is 0 Å². The Kier molecular flexibility index (Phi) is 5.73. The lowest BCUT2D eigenvalue weighted by molar-refractivity contribution is 0.0769. The molecular weight excluding hydrogens is 364 g/mol. The summed E-state index contributed by atoms with van der Waals surface area (Å²) in [6.45, 7) is 11.3. The standard InChI is InChI=1S/C23H28N4O2/c1-6-26(7-2)22(29)19-18-14-10-11-15-27(18)20(25-19)21(28)24-17-13-9-8-12-16(17)23(3,4)5/h8-15H,6-7H2,1-5H3,(H,24,28). The van der Waals surface area contributed by atoms with E-state index in [1.165, 1.54) is 0 Å². The quantitative estimate of drug-likeness (QED) is 0.701. The highest BCUT2D eigenvalue weighted by molar-refractivity contribution is 6.06. The van der Waals surface area contributed by atoms with Crippen LogP contribution in [0.15, 0.2) is 48.7 Å². The number of hydrogen-bond donors (Lipinski definition) is 1. The van der Waals surface area contributed by atoms with Gasteiger partial charge in [-0.3, -0.25) is 14.0 Å². The van der Waals surface area contributed by atoms with Gasteiger partial charge in [-0.15, -0.1) is 0 Å². The smallest absolute Gasteiger partial charge is 0.292 e. The van der Waals surface area contributed by atoms with Crippen LogP contribution in [0.3, 0.4) is 0 Å². The van der Waals surface area contributed by atoms with Crippen LogP contribution in [0.5, 0.6) is 0 Å². The van der Waals surface area contributed by atoms with E-state index in [0.717, 1.165) is 11.3 Å². The van der Waals surface area contributed by atoms with Crippen molar-refractivity contribution < 1.29 is 9.59 Å². The van der Waals surface area contributed by atoms with Crippen LogP contribution in [0.25, 0.3) is 5.52 Å². The SMILES string of the molecule is CCN(CC)C(=O)c1nc(C(=O)Nc2ccccc2C(C)(C)C)n2ccccc12. The lowest BCUT2D eigenvalue weighted by Gasteiger charge is -2.22. The molecule has 2 amide bonds. The van der Waals surface area contributed by atoms with Gasteiger partial charge in [0, 0.05) is 25.0 Å². The van der Waals surface area contributed by atoms with Gasteiger partial charge in [0.15, 0.2) is 5.69 Å². The number of carbonyl (C=O) groups is 2. The largest absolute Gasteiger partial charge is 0.338 e. The van der Waals surface area contributed by atoms with E-state index in [2.05, 4.69) is 31.1 Å². The maximum atomic E-state index is 13.1. The highest BCUT2D eigenvalue weighted by atomic mass is 16.2. The van der Waals surface area contributed by atoms with Crippen molar-refractivity contribution in [2.24, 2.45) is 0 Å². The van der Waals surface area contributed by atoms with Gasteiger partial charge in [0.25, 0.3) is 11.8 Å². The summed E-state index contributed by atoms with van der Waals surface area (Å²) in [5.74, 6) is -0.325. The fourth-order valence-electron chi connectivity index (χ4n) is 3.44. The third-order valence-electron chi connectivity index (χ3n) is 4.99. The van der Waals surface area contributed by atoms with Crippen molar-refractivity contribution in [2.45, 2.75) is 40.0 Å². The van der Waals surface area contributed by atoms with E-state index in [0.29, 0.717) is 24.3 Å². The minimum absolute atomic E-state index is 0.123. The van der Waals surface area contributed by atoms with Gasteiger partial charge in [-0.05, 0) is 43.0 Å². The van der Waals surface area contributed by atoms with E-state index in [1.807, 2.05) is 56.3 Å². The number of nitrogens with one attached hydrogen (secondary N) is 1. The molecule has 6 nitrogen and oxygen atoms in total. The van der Waals surface area contributed by atoms with E-state index < -0.39 is 0 Å². The summed E-state index contributed by atoms with van der Waals surface area (Å²) in [4.78, 5) is 32.2. The monoisotopic (exact) mass is 392 g/mol. The number of hydrogen-bond acceptors (Lipinski definition) is 3. The molecule has 0 aliphatic heterocycles. The molecule has 0 radical (unpaired) electrons. The maximum Gasteiger partial charge on any atom is 0.292 e. The molecule has 0 bridgehead atoms. The van der Waals surface area contributed by atoms with Crippen LogP contribution in [0.2, 0.25) is 0 Å². The van der Waals surface area contributed by atoms with E-state index >= 15 is 0 Å². The van der Waals surface area contributed by atoms with Gasteiger partial charge in [-0.2, -0.15) is 0 Å². The van der Waals surface area contributed by atoms with E-state index in [9.17, 15) is 9.59 Å². The first-order valence-electron chi connectivity index (χ1n) is 9.95. The van der Waals surface area contributed by atoms with Crippen LogP contribution in [0.4, 0.5) is 5.69 Å². The van der Waals surface area contributed by atoms with Crippen LogP contribution < -0.4 is 5.32 Å². The average Bonchev–Trinajstić information content (AvgIpc) is 3.08. The zero-order chi connectivity index (χ0) is 21.2. The highest BCUT2D eigenvalue weighted by Gasteiger charge is 2.25. The van der Waals surface area contributed by atoms with Gasteiger partial charge < -0.3 is 10.2 Å².